The van der Waals surface area contributed by atoms with Crippen LogP contribution in [0, 0.1) is 6.92 Å². The number of rotatable bonds is 5. The molecule has 6 rings (SSSR count). The summed E-state index contributed by atoms with van der Waals surface area (Å²) in [4.78, 5) is 32.8. The summed E-state index contributed by atoms with van der Waals surface area (Å²) in [5, 5.41) is 6.36. The fourth-order valence-electron chi connectivity index (χ4n) is 5.18. The summed E-state index contributed by atoms with van der Waals surface area (Å²) >= 11 is 1.49. The molecule has 196 valence electrons. The molecule has 0 spiro atoms. The number of anilines is 1. The van der Waals surface area contributed by atoms with Crippen molar-refractivity contribution in [2.24, 2.45) is 4.99 Å². The average Bonchev–Trinajstić information content (AvgIpc) is 3.30. The van der Waals surface area contributed by atoms with Gasteiger partial charge in [-0.2, -0.15) is 0 Å². The van der Waals surface area contributed by atoms with Crippen molar-refractivity contribution in [1.29, 1.82) is 0 Å². The van der Waals surface area contributed by atoms with Crippen LogP contribution in [0.15, 0.2) is 76.1 Å². The molecular weight excluding hydrogens is 508 g/mol. The minimum Gasteiger partial charge on any atom is -0.462 e. The van der Waals surface area contributed by atoms with E-state index in [-0.39, 0.29) is 24.0 Å². The van der Waals surface area contributed by atoms with Crippen LogP contribution < -0.4 is 10.9 Å². The Labute approximate surface area is 230 Å². The van der Waals surface area contributed by atoms with Gasteiger partial charge in [0, 0.05) is 16.0 Å². The number of thiophene rings is 1. The normalized spacial score (nSPS) is 13.4. The summed E-state index contributed by atoms with van der Waals surface area (Å²) in [5.41, 5.74) is 4.29. The topological polar surface area (TPSA) is 80.9 Å². The predicted molar refractivity (Wildman–Crippen MR) is 155 cm³/mol. The van der Waals surface area contributed by atoms with E-state index in [1.54, 1.807) is 6.92 Å². The number of ether oxygens (including phenoxy) is 1. The lowest BCUT2D eigenvalue weighted by molar-refractivity contribution is 0.0526. The van der Waals surface area contributed by atoms with Crippen LogP contribution in [0.5, 0.6) is 0 Å². The van der Waals surface area contributed by atoms with Crippen LogP contribution in [0.3, 0.4) is 0 Å². The minimum atomic E-state index is -0.381. The van der Waals surface area contributed by atoms with Gasteiger partial charge >= 0.3 is 5.97 Å². The maximum absolute atomic E-state index is 13.7. The standard InChI is InChI=1S/C32H28N2O4S/c1-3-37-32(36)28-23-13-6-7-14-27(23)39-31(28)34-30-25(29(35)33-21-11-8-9-19(2)17-21)18-24-22-12-5-4-10-20(22)15-16-26(24)38-30/h4-5,8-12,15-18H,3,6-7,13-14H2,1-2H3,(H,33,35). The maximum Gasteiger partial charge on any atom is 0.341 e. The van der Waals surface area contributed by atoms with Gasteiger partial charge in [-0.15, -0.1) is 11.3 Å². The van der Waals surface area contributed by atoms with Crippen molar-refractivity contribution in [3.63, 3.8) is 0 Å². The molecule has 1 aliphatic carbocycles. The number of aryl methyl sites for hydroxylation is 2. The third-order valence-electron chi connectivity index (χ3n) is 7.01. The molecule has 5 aromatic rings. The Kier molecular flexibility index (Phi) is 6.75. The first-order chi connectivity index (χ1) is 19.0. The van der Waals surface area contributed by atoms with E-state index >= 15 is 0 Å². The van der Waals surface area contributed by atoms with E-state index in [4.69, 9.17) is 14.1 Å². The lowest BCUT2D eigenvalue weighted by Crippen LogP contribution is -2.21. The lowest BCUT2D eigenvalue weighted by atomic mass is 9.95. The van der Waals surface area contributed by atoms with E-state index in [9.17, 15) is 9.59 Å². The highest BCUT2D eigenvalue weighted by Gasteiger charge is 2.27. The number of nitrogens with one attached hydrogen (secondary N) is 1. The third-order valence-corrected chi connectivity index (χ3v) is 8.20. The summed E-state index contributed by atoms with van der Waals surface area (Å²) in [6, 6.07) is 21.3. The fraction of sp³-hybridized carbons (Fsp3) is 0.219. The number of hydrogen-bond donors (Lipinski definition) is 1. The first-order valence-corrected chi connectivity index (χ1v) is 14.0. The molecule has 0 saturated heterocycles. The van der Waals surface area contributed by atoms with Crippen LogP contribution in [-0.4, -0.2) is 18.5 Å². The zero-order valence-electron chi connectivity index (χ0n) is 21.9. The smallest absolute Gasteiger partial charge is 0.341 e. The van der Waals surface area contributed by atoms with E-state index in [0.717, 1.165) is 57.8 Å². The number of carbonyl (C=O) groups excluding carboxylic acids is 2. The minimum absolute atomic E-state index is 0.159. The van der Waals surface area contributed by atoms with Crippen LogP contribution in [0.2, 0.25) is 0 Å². The number of nitrogens with zero attached hydrogens (tertiary/aromatic N) is 1. The van der Waals surface area contributed by atoms with Gasteiger partial charge in [0.2, 0.25) is 5.55 Å². The molecule has 3 aromatic carbocycles. The number of hydrogen-bond acceptors (Lipinski definition) is 6. The molecule has 0 unspecified atom stereocenters. The summed E-state index contributed by atoms with van der Waals surface area (Å²) in [6.45, 7) is 4.05. The second-order valence-corrected chi connectivity index (χ2v) is 10.8. The van der Waals surface area contributed by atoms with Crippen molar-refractivity contribution in [2.75, 3.05) is 11.9 Å². The van der Waals surface area contributed by atoms with Crippen LogP contribution in [0.4, 0.5) is 10.7 Å². The van der Waals surface area contributed by atoms with E-state index in [1.165, 1.54) is 11.3 Å². The van der Waals surface area contributed by atoms with Gasteiger partial charge in [0.05, 0.1) is 12.2 Å². The predicted octanol–water partition coefficient (Wildman–Crippen LogP) is 7.50. The molecule has 0 radical (unpaired) electrons. The Morgan fingerprint density at radius 2 is 1.85 bits per heavy atom. The lowest BCUT2D eigenvalue weighted by Gasteiger charge is -2.12. The second kappa shape index (κ2) is 10.5. The van der Waals surface area contributed by atoms with Crippen molar-refractivity contribution in [2.45, 2.75) is 39.5 Å². The number of fused-ring (bicyclic) bond motifs is 4. The van der Waals surface area contributed by atoms with Crippen molar-refractivity contribution >= 4 is 55.6 Å². The number of esters is 1. The van der Waals surface area contributed by atoms with Crippen LogP contribution in [-0.2, 0) is 17.6 Å². The molecule has 2 heterocycles. The van der Waals surface area contributed by atoms with Crippen molar-refractivity contribution < 1.29 is 18.7 Å². The van der Waals surface area contributed by atoms with E-state index in [0.29, 0.717) is 27.4 Å². The SMILES string of the molecule is CCOC(=O)c1c(N=c2oc3ccc4ccccc4c3cc2C(=O)Nc2cccc(C)c2)sc2c1CCCC2. The molecule has 6 nitrogen and oxygen atoms in total. The van der Waals surface area contributed by atoms with Crippen LogP contribution >= 0.6 is 11.3 Å². The highest BCUT2D eigenvalue weighted by Crippen LogP contribution is 2.40. The highest BCUT2D eigenvalue weighted by atomic mass is 32.1. The Morgan fingerprint density at radius 3 is 2.69 bits per heavy atom. The van der Waals surface area contributed by atoms with Gasteiger partial charge in [-0.3, -0.25) is 4.79 Å². The molecule has 1 aliphatic rings. The van der Waals surface area contributed by atoms with Crippen molar-refractivity contribution in [3.8, 4) is 0 Å². The largest absolute Gasteiger partial charge is 0.462 e. The van der Waals surface area contributed by atoms with E-state index in [2.05, 4.69) is 5.32 Å². The van der Waals surface area contributed by atoms with Gasteiger partial charge in [-0.1, -0.05) is 42.5 Å². The molecule has 1 amide bonds. The monoisotopic (exact) mass is 536 g/mol. The molecule has 7 heteroatoms. The summed E-state index contributed by atoms with van der Waals surface area (Å²) in [5.74, 6) is -0.717. The van der Waals surface area contributed by atoms with Gasteiger partial charge in [0.1, 0.15) is 16.1 Å². The number of carbonyl (C=O) groups is 2. The molecule has 0 fully saturated rings. The summed E-state index contributed by atoms with van der Waals surface area (Å²) < 4.78 is 11.8. The quantitative estimate of drug-likeness (QED) is 0.186. The van der Waals surface area contributed by atoms with Crippen molar-refractivity contribution in [1.82, 2.24) is 0 Å². The highest BCUT2D eigenvalue weighted by molar-refractivity contribution is 7.16. The third kappa shape index (κ3) is 4.86. The Bertz CT molecular complexity index is 1810. The molecular formula is C32H28N2O4S. The molecule has 39 heavy (non-hydrogen) atoms. The Morgan fingerprint density at radius 1 is 1.00 bits per heavy atom. The van der Waals surface area contributed by atoms with Crippen LogP contribution in [0.25, 0.3) is 21.7 Å². The first kappa shape index (κ1) is 25.1. The molecule has 1 N–H and O–H groups in total. The zero-order chi connectivity index (χ0) is 26.9. The van der Waals surface area contributed by atoms with Gasteiger partial charge in [-0.25, -0.2) is 9.79 Å². The molecule has 2 aromatic heterocycles. The zero-order valence-corrected chi connectivity index (χ0v) is 22.7. The fourth-order valence-corrected chi connectivity index (χ4v) is 6.43. The second-order valence-electron chi connectivity index (χ2n) is 9.71. The Balaban J connectivity index is 1.58. The molecule has 0 aliphatic heterocycles. The summed E-state index contributed by atoms with van der Waals surface area (Å²) in [7, 11) is 0. The molecule has 0 atom stereocenters. The van der Waals surface area contributed by atoms with Crippen molar-refractivity contribution in [3.05, 3.63) is 99.4 Å². The molecule has 0 saturated carbocycles. The maximum atomic E-state index is 13.7. The van der Waals surface area contributed by atoms with E-state index < -0.39 is 0 Å². The van der Waals surface area contributed by atoms with E-state index in [1.807, 2.05) is 73.7 Å². The van der Waals surface area contributed by atoms with Gasteiger partial charge in [-0.05, 0) is 85.7 Å². The van der Waals surface area contributed by atoms with Gasteiger partial charge in [0.15, 0.2) is 0 Å². The molecule has 0 bridgehead atoms. The average molecular weight is 537 g/mol. The first-order valence-electron chi connectivity index (χ1n) is 13.2. The van der Waals surface area contributed by atoms with Gasteiger partial charge in [0.25, 0.3) is 5.91 Å². The number of benzene rings is 3. The van der Waals surface area contributed by atoms with Gasteiger partial charge < -0.3 is 14.5 Å². The number of amides is 1. The van der Waals surface area contributed by atoms with Crippen LogP contribution in [0.1, 0.15) is 56.5 Å². The Hall–Kier alpha value is -4.23. The summed E-state index contributed by atoms with van der Waals surface area (Å²) in [6.07, 6.45) is 3.82.